The Hall–Kier alpha value is -2.24. The molecular weight excluding hydrogens is 324 g/mol. The van der Waals surface area contributed by atoms with Crippen LogP contribution in [-0.2, 0) is 18.3 Å². The number of nitrogens with zero attached hydrogens (tertiary/aromatic N) is 3. The van der Waals surface area contributed by atoms with Crippen LogP contribution >= 0.6 is 0 Å². The van der Waals surface area contributed by atoms with Crippen molar-refractivity contribution in [1.82, 2.24) is 14.7 Å². The van der Waals surface area contributed by atoms with E-state index in [2.05, 4.69) is 5.10 Å². The molecule has 0 N–H and O–H groups in total. The van der Waals surface area contributed by atoms with Gasteiger partial charge in [0.1, 0.15) is 11.6 Å². The molecule has 3 rings (SSSR count). The third kappa shape index (κ3) is 3.57. The number of halogens is 2. The second-order valence-corrected chi connectivity index (χ2v) is 6.79. The van der Waals surface area contributed by atoms with Crippen molar-refractivity contribution < 1.29 is 13.6 Å². The van der Waals surface area contributed by atoms with Crippen LogP contribution < -0.4 is 0 Å². The Labute approximate surface area is 146 Å². The molecule has 1 amide bonds. The average molecular weight is 347 g/mol. The number of likely N-dealkylation sites (tertiary alicyclic amines) is 1. The van der Waals surface area contributed by atoms with E-state index >= 15 is 0 Å². The summed E-state index contributed by atoms with van der Waals surface area (Å²) in [6, 6.07) is 3.54. The minimum absolute atomic E-state index is 0.0145. The number of piperidine rings is 1. The van der Waals surface area contributed by atoms with Crippen molar-refractivity contribution in [3.8, 4) is 0 Å². The zero-order valence-electron chi connectivity index (χ0n) is 14.9. The van der Waals surface area contributed by atoms with Gasteiger partial charge in [0.2, 0.25) is 5.91 Å². The Morgan fingerprint density at radius 1 is 1.32 bits per heavy atom. The van der Waals surface area contributed by atoms with E-state index in [1.54, 1.807) is 9.58 Å². The van der Waals surface area contributed by atoms with Crippen molar-refractivity contribution in [2.24, 2.45) is 7.05 Å². The Balaban J connectivity index is 1.74. The van der Waals surface area contributed by atoms with Crippen LogP contribution in [0.25, 0.3) is 0 Å². The lowest BCUT2D eigenvalue weighted by Gasteiger charge is -2.33. The molecule has 1 unspecified atom stereocenters. The Bertz CT molecular complexity index is 800. The molecular formula is C19H23F2N3O. The van der Waals surface area contributed by atoms with Crippen molar-refractivity contribution in [3.05, 3.63) is 52.3 Å². The molecule has 6 heteroatoms. The topological polar surface area (TPSA) is 38.1 Å². The van der Waals surface area contributed by atoms with E-state index in [9.17, 15) is 13.6 Å². The number of hydrogen-bond donors (Lipinski definition) is 0. The fraction of sp³-hybridized carbons (Fsp3) is 0.474. The predicted molar refractivity (Wildman–Crippen MR) is 91.3 cm³/mol. The fourth-order valence-corrected chi connectivity index (χ4v) is 3.62. The number of carbonyl (C=O) groups excluding carboxylic acids is 1. The fourth-order valence-electron chi connectivity index (χ4n) is 3.62. The first-order valence-corrected chi connectivity index (χ1v) is 8.58. The van der Waals surface area contributed by atoms with E-state index < -0.39 is 11.6 Å². The van der Waals surface area contributed by atoms with Crippen LogP contribution in [-0.4, -0.2) is 33.7 Å². The second kappa shape index (κ2) is 6.94. The van der Waals surface area contributed by atoms with Crippen molar-refractivity contribution in [3.63, 3.8) is 0 Å². The van der Waals surface area contributed by atoms with Crippen LogP contribution in [0.2, 0.25) is 0 Å². The molecule has 1 aliphatic rings. The first-order chi connectivity index (χ1) is 11.9. The molecule has 4 nitrogen and oxygen atoms in total. The van der Waals surface area contributed by atoms with Crippen LogP contribution in [0.4, 0.5) is 8.78 Å². The van der Waals surface area contributed by atoms with E-state index in [-0.39, 0.29) is 11.8 Å². The summed E-state index contributed by atoms with van der Waals surface area (Å²) in [5, 5.41) is 4.35. The maximum atomic E-state index is 14.1. The van der Waals surface area contributed by atoms with Crippen LogP contribution in [0.15, 0.2) is 18.2 Å². The normalized spacial score (nSPS) is 17.8. The number of rotatable bonds is 3. The van der Waals surface area contributed by atoms with Gasteiger partial charge in [-0.1, -0.05) is 0 Å². The molecule has 1 saturated heterocycles. The molecule has 2 heterocycles. The Morgan fingerprint density at radius 2 is 2.08 bits per heavy atom. The highest BCUT2D eigenvalue weighted by molar-refractivity contribution is 5.79. The molecule has 2 aromatic rings. The van der Waals surface area contributed by atoms with Crippen LogP contribution in [0.3, 0.4) is 0 Å². The smallest absolute Gasteiger partial charge is 0.227 e. The summed E-state index contributed by atoms with van der Waals surface area (Å²) < 4.78 is 29.3. The van der Waals surface area contributed by atoms with E-state index in [1.165, 1.54) is 6.07 Å². The minimum Gasteiger partial charge on any atom is -0.342 e. The molecule has 1 aromatic heterocycles. The number of carbonyl (C=O) groups is 1. The number of benzene rings is 1. The van der Waals surface area contributed by atoms with Crippen molar-refractivity contribution in [1.29, 1.82) is 0 Å². The zero-order chi connectivity index (χ0) is 18.1. The maximum Gasteiger partial charge on any atom is 0.227 e. The monoisotopic (exact) mass is 347 g/mol. The molecule has 134 valence electrons. The van der Waals surface area contributed by atoms with Gasteiger partial charge < -0.3 is 4.90 Å². The first-order valence-electron chi connectivity index (χ1n) is 8.58. The number of hydrogen-bond acceptors (Lipinski definition) is 2. The summed E-state index contributed by atoms with van der Waals surface area (Å²) in [5.74, 6) is -0.994. The number of aryl methyl sites for hydroxylation is 2. The van der Waals surface area contributed by atoms with Crippen LogP contribution in [0, 0.1) is 25.5 Å². The summed E-state index contributed by atoms with van der Waals surface area (Å²) >= 11 is 0. The quantitative estimate of drug-likeness (QED) is 0.855. The third-order valence-corrected chi connectivity index (χ3v) is 5.16. The highest BCUT2D eigenvalue weighted by Gasteiger charge is 2.27. The second-order valence-electron chi connectivity index (χ2n) is 6.79. The molecule has 0 saturated carbocycles. The zero-order valence-corrected chi connectivity index (χ0v) is 14.9. The van der Waals surface area contributed by atoms with Gasteiger partial charge in [-0.3, -0.25) is 9.48 Å². The minimum atomic E-state index is -0.443. The van der Waals surface area contributed by atoms with Gasteiger partial charge in [0.25, 0.3) is 0 Å². The van der Waals surface area contributed by atoms with Crippen molar-refractivity contribution >= 4 is 5.91 Å². The van der Waals surface area contributed by atoms with Gasteiger partial charge >= 0.3 is 0 Å². The molecule has 0 radical (unpaired) electrons. The Kier molecular flexibility index (Phi) is 4.88. The predicted octanol–water partition coefficient (Wildman–Crippen LogP) is 3.26. The molecule has 0 spiro atoms. The standard InChI is InChI=1S/C19H23F2N3O/c1-12-16(13(2)23(3)22-12)10-19(25)24-8-4-5-14(11-24)17-9-15(20)6-7-18(17)21/h6-7,9,14H,4-5,8,10-11H2,1-3H3. The van der Waals surface area contributed by atoms with Crippen molar-refractivity contribution in [2.75, 3.05) is 13.1 Å². The molecule has 1 atom stereocenters. The van der Waals surface area contributed by atoms with Gasteiger partial charge in [0, 0.05) is 37.3 Å². The van der Waals surface area contributed by atoms with Crippen LogP contribution in [0.5, 0.6) is 0 Å². The van der Waals surface area contributed by atoms with E-state index in [4.69, 9.17) is 0 Å². The Morgan fingerprint density at radius 3 is 2.76 bits per heavy atom. The lowest BCUT2D eigenvalue weighted by molar-refractivity contribution is -0.131. The first kappa shape index (κ1) is 17.6. The molecule has 1 fully saturated rings. The van der Waals surface area contributed by atoms with E-state index in [0.717, 1.165) is 41.9 Å². The third-order valence-electron chi connectivity index (χ3n) is 5.16. The molecule has 0 bridgehead atoms. The number of aromatic nitrogens is 2. The lowest BCUT2D eigenvalue weighted by Crippen LogP contribution is -2.40. The van der Waals surface area contributed by atoms with Crippen LogP contribution in [0.1, 0.15) is 41.3 Å². The van der Waals surface area contributed by atoms with Gasteiger partial charge in [0.15, 0.2) is 0 Å². The van der Waals surface area contributed by atoms with Gasteiger partial charge in [-0.05, 0) is 50.5 Å². The average Bonchev–Trinajstić information content (AvgIpc) is 2.83. The summed E-state index contributed by atoms with van der Waals surface area (Å²) in [6.07, 6.45) is 1.84. The molecule has 1 aliphatic heterocycles. The summed E-state index contributed by atoms with van der Waals surface area (Å²) in [4.78, 5) is 14.5. The highest BCUT2D eigenvalue weighted by atomic mass is 19.1. The van der Waals surface area contributed by atoms with E-state index in [0.29, 0.717) is 25.1 Å². The van der Waals surface area contributed by atoms with Gasteiger partial charge in [-0.15, -0.1) is 0 Å². The molecule has 0 aliphatic carbocycles. The summed E-state index contributed by atoms with van der Waals surface area (Å²) in [7, 11) is 1.86. The van der Waals surface area contributed by atoms with Crippen molar-refractivity contribution in [2.45, 2.75) is 39.0 Å². The van der Waals surface area contributed by atoms with E-state index in [1.807, 2.05) is 20.9 Å². The van der Waals surface area contributed by atoms with Gasteiger partial charge in [-0.2, -0.15) is 5.10 Å². The highest BCUT2D eigenvalue weighted by Crippen LogP contribution is 2.29. The van der Waals surface area contributed by atoms with Gasteiger partial charge in [0.05, 0.1) is 12.1 Å². The summed E-state index contributed by atoms with van der Waals surface area (Å²) in [6.45, 7) is 4.93. The maximum absolute atomic E-state index is 14.1. The molecule has 25 heavy (non-hydrogen) atoms. The molecule has 1 aromatic carbocycles. The number of amides is 1. The summed E-state index contributed by atoms with van der Waals surface area (Å²) in [5.41, 5.74) is 3.16. The van der Waals surface area contributed by atoms with Gasteiger partial charge in [-0.25, -0.2) is 8.78 Å². The lowest BCUT2D eigenvalue weighted by atomic mass is 9.90. The largest absolute Gasteiger partial charge is 0.342 e. The SMILES string of the molecule is Cc1nn(C)c(C)c1CC(=O)N1CCCC(c2cc(F)ccc2F)C1.